The molecule has 0 bridgehead atoms. The highest BCUT2D eigenvalue weighted by Gasteiger charge is 2.35. The molecule has 0 radical (unpaired) electrons. The van der Waals surface area contributed by atoms with Gasteiger partial charge in [-0.25, -0.2) is 0 Å². The van der Waals surface area contributed by atoms with E-state index >= 15 is 0 Å². The minimum atomic E-state index is 0.00459. The Hall–Kier alpha value is -2.42. The fourth-order valence-corrected chi connectivity index (χ4v) is 5.08. The molecule has 0 atom stereocenters. The first kappa shape index (κ1) is 20.5. The number of fused-ring (bicyclic) bond motifs is 3. The van der Waals surface area contributed by atoms with E-state index in [0.717, 1.165) is 8.95 Å². The van der Waals surface area contributed by atoms with Crippen LogP contribution in [0.5, 0.6) is 0 Å². The van der Waals surface area contributed by atoms with Gasteiger partial charge in [-0.3, -0.25) is 0 Å². The van der Waals surface area contributed by atoms with Crippen molar-refractivity contribution >= 4 is 44.0 Å². The molecular weight excluding hydrogens is 508 g/mol. The standard InChI is InChI=1S/C29H22Br2/c1-29(2)27-17-20(7-15-25(27)26-16-14-24(31)18-28(26)29)4-3-19-5-8-21(9-6-19)22-10-12-23(30)13-11-22/h3-18H,1-2H3/b4-3+. The second-order valence-corrected chi connectivity index (χ2v) is 10.4. The Morgan fingerprint density at radius 3 is 1.71 bits per heavy atom. The molecule has 31 heavy (non-hydrogen) atoms. The summed E-state index contributed by atoms with van der Waals surface area (Å²) in [5, 5.41) is 0. The molecule has 0 unspecified atom stereocenters. The molecule has 5 rings (SSSR count). The molecule has 0 N–H and O–H groups in total. The average Bonchev–Trinajstić information content (AvgIpc) is 2.99. The van der Waals surface area contributed by atoms with Gasteiger partial charge in [-0.05, 0) is 68.8 Å². The summed E-state index contributed by atoms with van der Waals surface area (Å²) in [5.74, 6) is 0. The van der Waals surface area contributed by atoms with Crippen LogP contribution in [0.3, 0.4) is 0 Å². The highest BCUT2D eigenvalue weighted by molar-refractivity contribution is 9.10. The normalized spacial score (nSPS) is 13.9. The lowest BCUT2D eigenvalue weighted by Gasteiger charge is -2.21. The van der Waals surface area contributed by atoms with Gasteiger partial charge in [0.1, 0.15) is 0 Å². The topological polar surface area (TPSA) is 0 Å². The van der Waals surface area contributed by atoms with Gasteiger partial charge in [0.2, 0.25) is 0 Å². The minimum absolute atomic E-state index is 0.00459. The van der Waals surface area contributed by atoms with Gasteiger partial charge in [-0.2, -0.15) is 0 Å². The Morgan fingerprint density at radius 2 is 1.03 bits per heavy atom. The molecule has 0 aromatic heterocycles. The zero-order valence-corrected chi connectivity index (χ0v) is 20.7. The van der Waals surface area contributed by atoms with Crippen molar-refractivity contribution in [3.63, 3.8) is 0 Å². The number of halogens is 2. The molecule has 0 aliphatic heterocycles. The van der Waals surface area contributed by atoms with E-state index in [1.54, 1.807) is 0 Å². The van der Waals surface area contributed by atoms with E-state index < -0.39 is 0 Å². The van der Waals surface area contributed by atoms with Crippen LogP contribution in [0.4, 0.5) is 0 Å². The van der Waals surface area contributed by atoms with Gasteiger partial charge < -0.3 is 0 Å². The van der Waals surface area contributed by atoms with Crippen molar-refractivity contribution < 1.29 is 0 Å². The van der Waals surface area contributed by atoms with E-state index in [-0.39, 0.29) is 5.41 Å². The quantitative estimate of drug-likeness (QED) is 0.232. The largest absolute Gasteiger partial charge is 0.0544 e. The van der Waals surface area contributed by atoms with Crippen LogP contribution in [-0.4, -0.2) is 0 Å². The Balaban J connectivity index is 1.41. The number of benzene rings is 4. The monoisotopic (exact) mass is 528 g/mol. The van der Waals surface area contributed by atoms with Crippen LogP contribution in [0.2, 0.25) is 0 Å². The molecule has 0 amide bonds. The zero-order valence-electron chi connectivity index (χ0n) is 17.5. The van der Waals surface area contributed by atoms with Crippen molar-refractivity contribution in [1.29, 1.82) is 0 Å². The first-order valence-electron chi connectivity index (χ1n) is 10.4. The Labute approximate surface area is 200 Å². The predicted molar refractivity (Wildman–Crippen MR) is 140 cm³/mol. The zero-order chi connectivity index (χ0) is 21.6. The first-order valence-corrected chi connectivity index (χ1v) is 12.0. The third kappa shape index (κ3) is 3.84. The lowest BCUT2D eigenvalue weighted by atomic mass is 9.82. The second kappa shape index (κ2) is 7.93. The molecule has 2 heteroatoms. The van der Waals surface area contributed by atoms with Crippen LogP contribution in [0.25, 0.3) is 34.4 Å². The summed E-state index contributed by atoms with van der Waals surface area (Å²) in [6.07, 6.45) is 4.41. The molecule has 0 spiro atoms. The Bertz CT molecular complexity index is 1290. The van der Waals surface area contributed by atoms with E-state index in [4.69, 9.17) is 0 Å². The molecule has 152 valence electrons. The molecule has 4 aromatic rings. The van der Waals surface area contributed by atoms with Crippen molar-refractivity contribution in [3.8, 4) is 22.3 Å². The molecule has 0 heterocycles. The highest BCUT2D eigenvalue weighted by atomic mass is 79.9. The fourth-order valence-electron chi connectivity index (χ4n) is 4.45. The van der Waals surface area contributed by atoms with Gasteiger partial charge in [-0.15, -0.1) is 0 Å². The van der Waals surface area contributed by atoms with Gasteiger partial charge in [0.25, 0.3) is 0 Å². The maximum Gasteiger partial charge on any atom is 0.0178 e. The summed E-state index contributed by atoms with van der Waals surface area (Å²) >= 11 is 7.13. The second-order valence-electron chi connectivity index (χ2n) is 8.58. The van der Waals surface area contributed by atoms with E-state index in [1.807, 2.05) is 0 Å². The number of rotatable bonds is 3. The van der Waals surface area contributed by atoms with Gasteiger partial charge in [0.15, 0.2) is 0 Å². The highest BCUT2D eigenvalue weighted by Crippen LogP contribution is 2.49. The van der Waals surface area contributed by atoms with Crippen molar-refractivity contribution in [2.24, 2.45) is 0 Å². The van der Waals surface area contributed by atoms with Crippen molar-refractivity contribution in [1.82, 2.24) is 0 Å². The van der Waals surface area contributed by atoms with Gasteiger partial charge >= 0.3 is 0 Å². The lowest BCUT2D eigenvalue weighted by molar-refractivity contribution is 0.660. The first-order chi connectivity index (χ1) is 14.9. The SMILES string of the molecule is CC1(C)c2cc(Br)ccc2-c2ccc(/C=C/c3ccc(-c4ccc(Br)cc4)cc3)cc21. The molecule has 1 aliphatic carbocycles. The summed E-state index contributed by atoms with van der Waals surface area (Å²) in [7, 11) is 0. The van der Waals surface area contributed by atoms with E-state index in [1.165, 1.54) is 44.5 Å². The maximum atomic E-state index is 3.64. The summed E-state index contributed by atoms with van der Waals surface area (Å²) in [4.78, 5) is 0. The molecule has 0 saturated heterocycles. The maximum absolute atomic E-state index is 3.64. The van der Waals surface area contributed by atoms with Crippen LogP contribution in [0.1, 0.15) is 36.1 Å². The molecule has 0 saturated carbocycles. The number of hydrogen-bond donors (Lipinski definition) is 0. The van der Waals surface area contributed by atoms with E-state index in [2.05, 4.69) is 143 Å². The summed E-state index contributed by atoms with van der Waals surface area (Å²) in [5.41, 5.74) is 10.4. The lowest BCUT2D eigenvalue weighted by Crippen LogP contribution is -2.15. The molecular formula is C29H22Br2. The van der Waals surface area contributed by atoms with Crippen LogP contribution in [0.15, 0.2) is 93.9 Å². The van der Waals surface area contributed by atoms with E-state index in [9.17, 15) is 0 Å². The van der Waals surface area contributed by atoms with Crippen molar-refractivity contribution in [2.75, 3.05) is 0 Å². The molecule has 0 fully saturated rings. The van der Waals surface area contributed by atoms with Crippen LogP contribution < -0.4 is 0 Å². The van der Waals surface area contributed by atoms with Gasteiger partial charge in [0.05, 0.1) is 0 Å². The fraction of sp³-hybridized carbons (Fsp3) is 0.103. The van der Waals surface area contributed by atoms with Gasteiger partial charge in [0, 0.05) is 14.4 Å². The van der Waals surface area contributed by atoms with Gasteiger partial charge in [-0.1, -0.05) is 119 Å². The Morgan fingerprint density at radius 1 is 0.548 bits per heavy atom. The Kier molecular flexibility index (Phi) is 5.24. The minimum Gasteiger partial charge on any atom is -0.0544 e. The summed E-state index contributed by atoms with van der Waals surface area (Å²) in [6.45, 7) is 4.64. The van der Waals surface area contributed by atoms with Crippen molar-refractivity contribution in [3.05, 3.63) is 116 Å². The van der Waals surface area contributed by atoms with E-state index in [0.29, 0.717) is 0 Å². The van der Waals surface area contributed by atoms with Crippen LogP contribution in [0, 0.1) is 0 Å². The number of hydrogen-bond acceptors (Lipinski definition) is 0. The summed E-state index contributed by atoms with van der Waals surface area (Å²) in [6, 6.07) is 30.6. The van der Waals surface area contributed by atoms with Crippen LogP contribution >= 0.6 is 31.9 Å². The van der Waals surface area contributed by atoms with Crippen molar-refractivity contribution in [2.45, 2.75) is 19.3 Å². The van der Waals surface area contributed by atoms with Crippen LogP contribution in [-0.2, 0) is 5.41 Å². The third-order valence-electron chi connectivity index (χ3n) is 6.22. The molecule has 1 aliphatic rings. The average molecular weight is 530 g/mol. The summed E-state index contributed by atoms with van der Waals surface area (Å²) < 4.78 is 2.24. The molecule has 0 nitrogen and oxygen atoms in total. The third-order valence-corrected chi connectivity index (χ3v) is 7.24. The molecule has 4 aromatic carbocycles. The predicted octanol–water partition coefficient (Wildman–Crippen LogP) is 9.36. The smallest absolute Gasteiger partial charge is 0.0178 e.